The maximum atomic E-state index is 12.6. The first kappa shape index (κ1) is 14.7. The highest BCUT2D eigenvalue weighted by atomic mass is 16.2. The molecule has 0 aliphatic heterocycles. The van der Waals surface area contributed by atoms with Gasteiger partial charge in [0.1, 0.15) is 5.69 Å². The number of primary amides is 1. The summed E-state index contributed by atoms with van der Waals surface area (Å²) in [6, 6.07) is 9.92. The van der Waals surface area contributed by atoms with Crippen molar-refractivity contribution in [1.29, 1.82) is 0 Å². The lowest BCUT2D eigenvalue weighted by Crippen LogP contribution is -2.18. The number of fused-ring (bicyclic) bond motifs is 1. The van der Waals surface area contributed by atoms with E-state index in [2.05, 4.69) is 15.4 Å². The van der Waals surface area contributed by atoms with Gasteiger partial charge in [-0.25, -0.2) is 9.50 Å². The average Bonchev–Trinajstić information content (AvgIpc) is 2.86. The lowest BCUT2D eigenvalue weighted by Gasteiger charge is -2.08. The quantitative estimate of drug-likeness (QED) is 0.768. The molecule has 7 heteroatoms. The molecule has 2 amide bonds. The highest BCUT2D eigenvalue weighted by Gasteiger charge is 2.14. The van der Waals surface area contributed by atoms with Gasteiger partial charge in [0.25, 0.3) is 5.91 Å². The van der Waals surface area contributed by atoms with Crippen LogP contribution in [0.1, 0.15) is 32.2 Å². The first-order valence-electron chi connectivity index (χ1n) is 6.99. The smallest absolute Gasteiger partial charge is 0.274 e. The molecule has 0 fully saturated rings. The zero-order valence-electron chi connectivity index (χ0n) is 12.7. The monoisotopic (exact) mass is 309 g/mol. The van der Waals surface area contributed by atoms with Gasteiger partial charge in [-0.1, -0.05) is 6.07 Å². The number of aromatic nitrogens is 3. The normalized spacial score (nSPS) is 10.7. The van der Waals surface area contributed by atoms with Gasteiger partial charge in [-0.15, -0.1) is 0 Å². The summed E-state index contributed by atoms with van der Waals surface area (Å²) in [5, 5.41) is 7.03. The molecule has 0 atom stereocenters. The van der Waals surface area contributed by atoms with Crippen LogP contribution in [0.5, 0.6) is 0 Å². The Morgan fingerprint density at radius 1 is 1.13 bits per heavy atom. The Bertz CT molecular complexity index is 929. The summed E-state index contributed by atoms with van der Waals surface area (Å²) in [4.78, 5) is 28.1. The number of hydrogen-bond acceptors (Lipinski definition) is 4. The zero-order chi connectivity index (χ0) is 16.6. The maximum Gasteiger partial charge on any atom is 0.274 e. The number of nitrogens with zero attached hydrogens (tertiary/aromatic N) is 3. The molecule has 0 radical (unpaired) electrons. The van der Waals surface area contributed by atoms with Crippen molar-refractivity contribution in [2.24, 2.45) is 5.73 Å². The van der Waals surface area contributed by atoms with E-state index in [1.54, 1.807) is 30.3 Å². The van der Waals surface area contributed by atoms with E-state index in [-0.39, 0.29) is 5.91 Å². The highest BCUT2D eigenvalue weighted by Crippen LogP contribution is 2.14. The number of nitrogens with one attached hydrogen (secondary N) is 1. The maximum absolute atomic E-state index is 12.6. The van der Waals surface area contributed by atoms with Gasteiger partial charge >= 0.3 is 0 Å². The van der Waals surface area contributed by atoms with Crippen LogP contribution in [0.4, 0.5) is 5.69 Å². The molecule has 0 aliphatic carbocycles. The highest BCUT2D eigenvalue weighted by molar-refractivity contribution is 6.04. The van der Waals surface area contributed by atoms with Crippen LogP contribution in [0.25, 0.3) is 5.65 Å². The number of benzene rings is 1. The molecule has 3 aromatic rings. The van der Waals surface area contributed by atoms with Crippen molar-refractivity contribution in [3.63, 3.8) is 0 Å². The summed E-state index contributed by atoms with van der Waals surface area (Å²) in [7, 11) is 0. The minimum Gasteiger partial charge on any atom is -0.366 e. The third-order valence-electron chi connectivity index (χ3n) is 3.32. The Balaban J connectivity index is 1.98. The Labute approximate surface area is 132 Å². The first-order chi connectivity index (χ1) is 10.9. The standard InChI is InChI=1S/C16H15N5O2/c1-9-6-13(21-14(18-9)7-10(2)20-21)16(23)19-12-5-3-4-11(8-12)15(17)22/h3-8H,1-2H3,(H2,17,22)(H,19,23). The van der Waals surface area contributed by atoms with Gasteiger partial charge in [-0.3, -0.25) is 9.59 Å². The molecule has 0 bridgehead atoms. The number of hydrogen-bond donors (Lipinski definition) is 2. The Morgan fingerprint density at radius 3 is 2.65 bits per heavy atom. The number of carbonyl (C=O) groups excluding carboxylic acids is 2. The van der Waals surface area contributed by atoms with Crippen LogP contribution in [0.2, 0.25) is 0 Å². The topological polar surface area (TPSA) is 102 Å². The summed E-state index contributed by atoms with van der Waals surface area (Å²) in [5.41, 5.74) is 8.52. The molecule has 2 aromatic heterocycles. The van der Waals surface area contributed by atoms with Crippen molar-refractivity contribution in [3.8, 4) is 0 Å². The number of rotatable bonds is 3. The first-order valence-corrected chi connectivity index (χ1v) is 6.99. The van der Waals surface area contributed by atoms with Gasteiger partial charge < -0.3 is 11.1 Å². The number of amides is 2. The van der Waals surface area contributed by atoms with Crippen LogP contribution in [0.3, 0.4) is 0 Å². The molecular weight excluding hydrogens is 294 g/mol. The van der Waals surface area contributed by atoms with Crippen molar-refractivity contribution in [1.82, 2.24) is 14.6 Å². The SMILES string of the molecule is Cc1cc(C(=O)Nc2cccc(C(N)=O)c2)n2nc(C)cc2n1. The van der Waals surface area contributed by atoms with Crippen molar-refractivity contribution in [3.05, 3.63) is 59.0 Å². The molecule has 1 aromatic carbocycles. The fourth-order valence-corrected chi connectivity index (χ4v) is 2.32. The van der Waals surface area contributed by atoms with E-state index in [9.17, 15) is 9.59 Å². The summed E-state index contributed by atoms with van der Waals surface area (Å²) in [5.74, 6) is -0.892. The van der Waals surface area contributed by atoms with E-state index >= 15 is 0 Å². The van der Waals surface area contributed by atoms with Crippen LogP contribution in [0, 0.1) is 13.8 Å². The average molecular weight is 309 g/mol. The zero-order valence-corrected chi connectivity index (χ0v) is 12.7. The molecule has 7 nitrogen and oxygen atoms in total. The van der Waals surface area contributed by atoms with Gasteiger partial charge in [-0.2, -0.15) is 5.10 Å². The molecule has 3 N–H and O–H groups in total. The molecule has 0 aliphatic rings. The second-order valence-electron chi connectivity index (χ2n) is 5.24. The fraction of sp³-hybridized carbons (Fsp3) is 0.125. The van der Waals surface area contributed by atoms with Crippen LogP contribution >= 0.6 is 0 Å². The van der Waals surface area contributed by atoms with Gasteiger partial charge in [0.15, 0.2) is 5.65 Å². The van der Waals surface area contributed by atoms with Gasteiger partial charge in [0.2, 0.25) is 5.91 Å². The molecule has 23 heavy (non-hydrogen) atoms. The lowest BCUT2D eigenvalue weighted by atomic mass is 10.2. The second-order valence-corrected chi connectivity index (χ2v) is 5.24. The van der Waals surface area contributed by atoms with Crippen LogP contribution in [-0.2, 0) is 0 Å². The Morgan fingerprint density at radius 2 is 1.91 bits per heavy atom. The van der Waals surface area contributed by atoms with E-state index in [0.29, 0.717) is 28.3 Å². The molecule has 3 rings (SSSR count). The largest absolute Gasteiger partial charge is 0.366 e. The number of aryl methyl sites for hydroxylation is 2. The predicted octanol–water partition coefficient (Wildman–Crippen LogP) is 1.70. The molecule has 0 saturated carbocycles. The van der Waals surface area contributed by atoms with E-state index in [4.69, 9.17) is 5.73 Å². The molecule has 0 saturated heterocycles. The lowest BCUT2D eigenvalue weighted by molar-refractivity contribution is 0.0995. The van der Waals surface area contributed by atoms with Crippen molar-refractivity contribution < 1.29 is 9.59 Å². The molecular formula is C16H15N5O2. The minimum absolute atomic E-state index is 0.328. The molecule has 116 valence electrons. The second kappa shape index (κ2) is 5.53. The summed E-state index contributed by atoms with van der Waals surface area (Å²) in [6.45, 7) is 3.65. The summed E-state index contributed by atoms with van der Waals surface area (Å²) in [6.07, 6.45) is 0. The van der Waals surface area contributed by atoms with Gasteiger partial charge in [0.05, 0.1) is 5.69 Å². The van der Waals surface area contributed by atoms with Crippen molar-refractivity contribution in [2.75, 3.05) is 5.32 Å². The van der Waals surface area contributed by atoms with Gasteiger partial charge in [0, 0.05) is 23.0 Å². The number of nitrogens with two attached hydrogens (primary N) is 1. The van der Waals surface area contributed by atoms with E-state index < -0.39 is 5.91 Å². The van der Waals surface area contributed by atoms with Crippen LogP contribution in [0.15, 0.2) is 36.4 Å². The third-order valence-corrected chi connectivity index (χ3v) is 3.32. The number of carbonyl (C=O) groups is 2. The fourth-order valence-electron chi connectivity index (χ4n) is 2.32. The molecule has 0 unspecified atom stereocenters. The molecule has 2 heterocycles. The summed E-state index contributed by atoms with van der Waals surface area (Å²) >= 11 is 0. The third kappa shape index (κ3) is 2.89. The Hall–Kier alpha value is -3.22. The van der Waals surface area contributed by atoms with Gasteiger partial charge in [-0.05, 0) is 38.1 Å². The van der Waals surface area contributed by atoms with E-state index in [1.807, 2.05) is 13.8 Å². The minimum atomic E-state index is -0.550. The summed E-state index contributed by atoms with van der Waals surface area (Å²) < 4.78 is 1.50. The molecule has 0 spiro atoms. The predicted molar refractivity (Wildman–Crippen MR) is 85.4 cm³/mol. The van der Waals surface area contributed by atoms with Crippen LogP contribution < -0.4 is 11.1 Å². The number of anilines is 1. The van der Waals surface area contributed by atoms with Crippen molar-refractivity contribution >= 4 is 23.1 Å². The van der Waals surface area contributed by atoms with E-state index in [1.165, 1.54) is 10.6 Å². The Kier molecular flexibility index (Phi) is 3.53. The van der Waals surface area contributed by atoms with Crippen molar-refractivity contribution in [2.45, 2.75) is 13.8 Å². The van der Waals surface area contributed by atoms with E-state index in [0.717, 1.165) is 5.69 Å². The van der Waals surface area contributed by atoms with Crippen LogP contribution in [-0.4, -0.2) is 26.4 Å².